The van der Waals surface area contributed by atoms with Crippen LogP contribution < -0.4 is 18.9 Å². The normalized spacial score (nSPS) is 17.9. The van der Waals surface area contributed by atoms with Crippen molar-refractivity contribution in [2.24, 2.45) is 0 Å². The summed E-state index contributed by atoms with van der Waals surface area (Å²) in [5.74, 6) is 3.26. The van der Waals surface area contributed by atoms with Crippen molar-refractivity contribution in [2.45, 2.75) is 32.0 Å². The average molecular weight is 385 g/mol. The fourth-order valence-corrected chi connectivity index (χ4v) is 3.78. The zero-order chi connectivity index (χ0) is 19.3. The lowest BCUT2D eigenvalue weighted by atomic mass is 10.1. The van der Waals surface area contributed by atoms with Crippen LogP contribution >= 0.6 is 0 Å². The highest BCUT2D eigenvalue weighted by atomic mass is 16.7. The van der Waals surface area contributed by atoms with Gasteiger partial charge >= 0.3 is 0 Å². The molecule has 2 heterocycles. The molecule has 0 saturated carbocycles. The topological polar surface area (TPSA) is 49.4 Å². The molecule has 0 bridgehead atoms. The first-order valence-electron chi connectivity index (χ1n) is 9.68. The summed E-state index contributed by atoms with van der Waals surface area (Å²) in [6.45, 7) is 3.59. The van der Waals surface area contributed by atoms with Gasteiger partial charge in [-0.05, 0) is 36.6 Å². The van der Waals surface area contributed by atoms with E-state index in [2.05, 4.69) is 23.1 Å². The van der Waals surface area contributed by atoms with Crippen molar-refractivity contribution in [2.75, 3.05) is 34.2 Å². The third kappa shape index (κ3) is 4.34. The second kappa shape index (κ2) is 8.71. The highest BCUT2D eigenvalue weighted by Gasteiger charge is 2.22. The Bertz CT molecular complexity index is 804. The lowest BCUT2D eigenvalue weighted by Crippen LogP contribution is -2.31. The van der Waals surface area contributed by atoms with Gasteiger partial charge in [-0.15, -0.1) is 0 Å². The van der Waals surface area contributed by atoms with E-state index in [0.29, 0.717) is 6.79 Å². The fourth-order valence-electron chi connectivity index (χ4n) is 3.78. The van der Waals surface area contributed by atoms with Gasteiger partial charge in [-0.25, -0.2) is 0 Å². The van der Waals surface area contributed by atoms with Crippen LogP contribution in [-0.4, -0.2) is 45.2 Å². The first-order chi connectivity index (χ1) is 13.7. The quantitative estimate of drug-likeness (QED) is 0.692. The molecule has 0 aliphatic carbocycles. The summed E-state index contributed by atoms with van der Waals surface area (Å²) in [5.41, 5.74) is 2.32. The van der Waals surface area contributed by atoms with Gasteiger partial charge < -0.3 is 23.7 Å². The molecular formula is C22H27NO5. The van der Waals surface area contributed by atoms with Crippen molar-refractivity contribution in [1.82, 2.24) is 4.90 Å². The summed E-state index contributed by atoms with van der Waals surface area (Å²) < 4.78 is 27.8. The Labute approximate surface area is 165 Å². The van der Waals surface area contributed by atoms with E-state index in [-0.39, 0.29) is 6.10 Å². The third-order valence-corrected chi connectivity index (χ3v) is 5.22. The Balaban J connectivity index is 1.53. The standard InChI is InChI=1S/C22H27NO5/c1-24-18-7-6-17(21(11-18)25-2)13-23(14-19-4-3-9-26-19)12-16-5-8-20-22(10-16)28-15-27-20/h5-8,10-11,19H,3-4,9,12-15H2,1-2H3. The van der Waals surface area contributed by atoms with Crippen LogP contribution in [0.3, 0.4) is 0 Å². The summed E-state index contributed by atoms with van der Waals surface area (Å²) in [4.78, 5) is 2.40. The lowest BCUT2D eigenvalue weighted by Gasteiger charge is -2.26. The molecule has 2 aliphatic rings. The number of benzene rings is 2. The number of nitrogens with zero attached hydrogens (tertiary/aromatic N) is 1. The molecule has 1 atom stereocenters. The smallest absolute Gasteiger partial charge is 0.231 e. The first-order valence-corrected chi connectivity index (χ1v) is 9.68. The minimum atomic E-state index is 0.276. The Hall–Kier alpha value is -2.44. The van der Waals surface area contributed by atoms with Gasteiger partial charge in [0.2, 0.25) is 6.79 Å². The zero-order valence-electron chi connectivity index (χ0n) is 16.5. The molecule has 2 aromatic rings. The van der Waals surface area contributed by atoms with Crippen molar-refractivity contribution < 1.29 is 23.7 Å². The Kier molecular flexibility index (Phi) is 5.88. The Morgan fingerprint density at radius 1 is 1.00 bits per heavy atom. The lowest BCUT2D eigenvalue weighted by molar-refractivity contribution is 0.0676. The van der Waals surface area contributed by atoms with Crippen molar-refractivity contribution in [3.05, 3.63) is 47.5 Å². The van der Waals surface area contributed by atoms with Crippen molar-refractivity contribution >= 4 is 0 Å². The number of hydrogen-bond acceptors (Lipinski definition) is 6. The van der Waals surface area contributed by atoms with E-state index in [0.717, 1.165) is 67.6 Å². The molecule has 4 rings (SSSR count). The van der Waals surface area contributed by atoms with Gasteiger partial charge in [-0.2, -0.15) is 0 Å². The molecule has 0 amide bonds. The Morgan fingerprint density at radius 2 is 1.89 bits per heavy atom. The molecular weight excluding hydrogens is 358 g/mol. The number of rotatable bonds is 8. The second-order valence-corrected chi connectivity index (χ2v) is 7.17. The maximum Gasteiger partial charge on any atom is 0.231 e. The monoisotopic (exact) mass is 385 g/mol. The van der Waals surface area contributed by atoms with E-state index in [1.807, 2.05) is 18.2 Å². The van der Waals surface area contributed by atoms with Crippen LogP contribution in [0.4, 0.5) is 0 Å². The molecule has 6 nitrogen and oxygen atoms in total. The van der Waals surface area contributed by atoms with Crippen molar-refractivity contribution in [1.29, 1.82) is 0 Å². The van der Waals surface area contributed by atoms with Gasteiger partial charge in [0.25, 0.3) is 0 Å². The molecule has 0 aromatic heterocycles. The fraction of sp³-hybridized carbons (Fsp3) is 0.455. The molecule has 1 unspecified atom stereocenters. The number of methoxy groups -OCH3 is 2. The molecule has 0 radical (unpaired) electrons. The second-order valence-electron chi connectivity index (χ2n) is 7.17. The molecule has 6 heteroatoms. The van der Waals surface area contributed by atoms with Crippen LogP contribution in [0.1, 0.15) is 24.0 Å². The summed E-state index contributed by atoms with van der Waals surface area (Å²) in [6, 6.07) is 12.1. The van der Waals surface area contributed by atoms with Crippen LogP contribution in [-0.2, 0) is 17.8 Å². The summed E-state index contributed by atoms with van der Waals surface area (Å²) >= 11 is 0. The molecule has 2 aromatic carbocycles. The molecule has 0 spiro atoms. The van der Waals surface area contributed by atoms with E-state index < -0.39 is 0 Å². The van der Waals surface area contributed by atoms with Gasteiger partial charge in [-0.1, -0.05) is 12.1 Å². The molecule has 28 heavy (non-hydrogen) atoms. The van der Waals surface area contributed by atoms with Gasteiger partial charge in [0.15, 0.2) is 11.5 Å². The van der Waals surface area contributed by atoms with Crippen LogP contribution in [0.25, 0.3) is 0 Å². The van der Waals surface area contributed by atoms with Gasteiger partial charge in [-0.3, -0.25) is 4.90 Å². The Morgan fingerprint density at radius 3 is 2.68 bits per heavy atom. The van der Waals surface area contributed by atoms with Crippen molar-refractivity contribution in [3.63, 3.8) is 0 Å². The molecule has 150 valence electrons. The van der Waals surface area contributed by atoms with Gasteiger partial charge in [0, 0.05) is 37.9 Å². The SMILES string of the molecule is COc1ccc(CN(Cc2ccc3c(c2)OCO3)CC2CCCO2)c(OC)c1. The maximum atomic E-state index is 5.89. The van der Waals surface area contributed by atoms with Crippen LogP contribution in [0.2, 0.25) is 0 Å². The molecule has 1 saturated heterocycles. The highest BCUT2D eigenvalue weighted by molar-refractivity contribution is 5.44. The highest BCUT2D eigenvalue weighted by Crippen LogP contribution is 2.33. The van der Waals surface area contributed by atoms with Crippen LogP contribution in [0, 0.1) is 0 Å². The zero-order valence-corrected chi connectivity index (χ0v) is 16.5. The number of ether oxygens (including phenoxy) is 5. The van der Waals surface area contributed by atoms with Crippen LogP contribution in [0.15, 0.2) is 36.4 Å². The van der Waals surface area contributed by atoms with Crippen molar-refractivity contribution in [3.8, 4) is 23.0 Å². The summed E-state index contributed by atoms with van der Waals surface area (Å²) in [7, 11) is 3.36. The average Bonchev–Trinajstić information content (AvgIpc) is 3.39. The van der Waals surface area contributed by atoms with Gasteiger partial charge in [0.1, 0.15) is 11.5 Å². The predicted molar refractivity (Wildman–Crippen MR) is 105 cm³/mol. The number of hydrogen-bond donors (Lipinski definition) is 0. The summed E-state index contributed by atoms with van der Waals surface area (Å²) in [5, 5.41) is 0. The molecule has 2 aliphatic heterocycles. The molecule has 1 fully saturated rings. The van der Waals surface area contributed by atoms with E-state index in [4.69, 9.17) is 23.7 Å². The van der Waals surface area contributed by atoms with E-state index in [1.54, 1.807) is 14.2 Å². The predicted octanol–water partition coefficient (Wildman–Crippen LogP) is 3.61. The van der Waals surface area contributed by atoms with E-state index in [1.165, 1.54) is 5.56 Å². The minimum Gasteiger partial charge on any atom is -0.497 e. The molecule has 0 N–H and O–H groups in total. The van der Waals surface area contributed by atoms with Gasteiger partial charge in [0.05, 0.1) is 20.3 Å². The number of fused-ring (bicyclic) bond motifs is 1. The van der Waals surface area contributed by atoms with E-state index in [9.17, 15) is 0 Å². The van der Waals surface area contributed by atoms with E-state index >= 15 is 0 Å². The maximum absolute atomic E-state index is 5.89. The summed E-state index contributed by atoms with van der Waals surface area (Å²) in [6.07, 6.45) is 2.52. The largest absolute Gasteiger partial charge is 0.497 e. The third-order valence-electron chi connectivity index (χ3n) is 5.22. The first kappa shape index (κ1) is 18.9. The minimum absolute atomic E-state index is 0.276. The van der Waals surface area contributed by atoms with Crippen LogP contribution in [0.5, 0.6) is 23.0 Å².